The lowest BCUT2D eigenvalue weighted by Gasteiger charge is -2.09. The molecule has 1 amide bonds. The summed E-state index contributed by atoms with van der Waals surface area (Å²) in [6.45, 7) is 0. The monoisotopic (exact) mass is 500 g/mol. The first-order valence-electron chi connectivity index (χ1n) is 10.7. The summed E-state index contributed by atoms with van der Waals surface area (Å²) >= 11 is 7.35. The minimum Gasteiger partial charge on any atom is -0.310 e. The highest BCUT2D eigenvalue weighted by Gasteiger charge is 2.26. The van der Waals surface area contributed by atoms with Crippen molar-refractivity contribution in [2.75, 3.05) is 11.1 Å². The van der Waals surface area contributed by atoms with Crippen LogP contribution < -0.4 is 5.32 Å². The van der Waals surface area contributed by atoms with Crippen LogP contribution in [-0.4, -0.2) is 34.8 Å². The van der Waals surface area contributed by atoms with Gasteiger partial charge in [0.05, 0.1) is 26.6 Å². The fraction of sp³-hybridized carbons (Fsp3) is 0.261. The van der Waals surface area contributed by atoms with Gasteiger partial charge in [0.2, 0.25) is 11.0 Å². The molecule has 33 heavy (non-hydrogen) atoms. The third kappa shape index (κ3) is 4.53. The Hall–Kier alpha value is -2.75. The van der Waals surface area contributed by atoms with Crippen molar-refractivity contribution < 1.29 is 13.2 Å². The van der Waals surface area contributed by atoms with E-state index in [1.807, 2.05) is 24.3 Å². The van der Waals surface area contributed by atoms with Gasteiger partial charge in [-0.25, -0.2) is 13.4 Å². The number of amides is 1. The summed E-state index contributed by atoms with van der Waals surface area (Å²) in [5.74, 6) is 0.294. The van der Waals surface area contributed by atoms with Crippen molar-refractivity contribution >= 4 is 54.7 Å². The van der Waals surface area contributed by atoms with Crippen LogP contribution in [0.4, 0.5) is 5.82 Å². The second-order valence-corrected chi connectivity index (χ2v) is 11.5. The molecule has 0 atom stereocenters. The number of aromatic nitrogens is 3. The third-order valence-electron chi connectivity index (χ3n) is 5.62. The van der Waals surface area contributed by atoms with Crippen molar-refractivity contribution in [1.29, 1.82) is 0 Å². The molecule has 1 aliphatic carbocycles. The number of hydrogen-bond donors (Lipinski definition) is 1. The van der Waals surface area contributed by atoms with E-state index < -0.39 is 9.84 Å². The van der Waals surface area contributed by atoms with E-state index in [1.54, 1.807) is 16.8 Å². The molecule has 7 nitrogen and oxygen atoms in total. The Bertz CT molecular complexity index is 1410. The van der Waals surface area contributed by atoms with Gasteiger partial charge in [-0.05, 0) is 62.1 Å². The van der Waals surface area contributed by atoms with Gasteiger partial charge < -0.3 is 5.32 Å². The maximum atomic E-state index is 12.8. The Kier molecular flexibility index (Phi) is 5.94. The molecule has 2 aromatic heterocycles. The molecule has 10 heteroatoms. The highest BCUT2D eigenvalue weighted by molar-refractivity contribution is 7.91. The lowest BCUT2D eigenvalue weighted by molar-refractivity contribution is -0.116. The van der Waals surface area contributed by atoms with Gasteiger partial charge in [-0.15, -0.1) is 0 Å². The lowest BCUT2D eigenvalue weighted by Crippen LogP contribution is -2.17. The largest absolute Gasteiger partial charge is 0.310 e. The van der Waals surface area contributed by atoms with E-state index >= 15 is 0 Å². The van der Waals surface area contributed by atoms with Crippen LogP contribution in [-0.2, 0) is 27.5 Å². The predicted octanol–water partition coefficient (Wildman–Crippen LogP) is 4.82. The number of fused-ring (bicyclic) bond motifs is 2. The number of nitrogens with one attached hydrogen (secondary N) is 1. The highest BCUT2D eigenvalue weighted by Crippen LogP contribution is 2.33. The molecule has 0 bridgehead atoms. The topological polar surface area (TPSA) is 94.0 Å². The number of carbonyl (C=O) groups is 1. The van der Waals surface area contributed by atoms with E-state index in [9.17, 15) is 13.2 Å². The van der Waals surface area contributed by atoms with Crippen molar-refractivity contribution in [2.45, 2.75) is 37.0 Å². The second kappa shape index (κ2) is 8.89. The van der Waals surface area contributed by atoms with E-state index in [2.05, 4.69) is 10.3 Å². The summed E-state index contributed by atoms with van der Waals surface area (Å²) in [6, 6.07) is 13.9. The second-order valence-electron chi connectivity index (χ2n) is 7.93. The summed E-state index contributed by atoms with van der Waals surface area (Å²) in [4.78, 5) is 17.6. The average molecular weight is 501 g/mol. The molecule has 1 N–H and O–H groups in total. The van der Waals surface area contributed by atoms with Crippen LogP contribution in [0.15, 0.2) is 53.4 Å². The lowest BCUT2D eigenvalue weighted by atomic mass is 10.2. The molecule has 1 aliphatic rings. The number of halogens is 1. The Morgan fingerprint density at radius 3 is 2.70 bits per heavy atom. The molecule has 0 aliphatic heterocycles. The highest BCUT2D eigenvalue weighted by atomic mass is 35.5. The first-order valence-corrected chi connectivity index (χ1v) is 13.5. The molecule has 5 rings (SSSR count). The molecule has 4 aromatic rings. The van der Waals surface area contributed by atoms with Gasteiger partial charge in [0.25, 0.3) is 0 Å². The van der Waals surface area contributed by atoms with E-state index in [1.165, 1.54) is 23.5 Å². The summed E-state index contributed by atoms with van der Waals surface area (Å²) in [6.07, 6.45) is 3.03. The van der Waals surface area contributed by atoms with Crippen molar-refractivity contribution in [1.82, 2.24) is 14.8 Å². The molecule has 0 spiro atoms. The predicted molar refractivity (Wildman–Crippen MR) is 130 cm³/mol. The number of benzene rings is 2. The average Bonchev–Trinajstić information content (AvgIpc) is 3.49. The van der Waals surface area contributed by atoms with Crippen LogP contribution in [0.2, 0.25) is 5.02 Å². The standard InChI is InChI=1S/C23H21ClN4O3S2/c24-15-10-12-16(13-11-15)33(30,31)14-4-9-21(29)26-22-17-5-3-7-18(17)27-28(22)23-25-19-6-1-2-8-20(19)32-23/h1-2,6,8,10-13H,3-5,7,9,14H2,(H,26,29). The van der Waals surface area contributed by atoms with E-state index in [4.69, 9.17) is 16.7 Å². The zero-order valence-corrected chi connectivity index (χ0v) is 20.0. The normalized spacial score (nSPS) is 13.4. The van der Waals surface area contributed by atoms with Crippen molar-refractivity contribution in [3.63, 3.8) is 0 Å². The Labute approximate surface area is 200 Å². The van der Waals surface area contributed by atoms with Crippen molar-refractivity contribution in [2.24, 2.45) is 0 Å². The molecule has 2 aromatic carbocycles. The zero-order chi connectivity index (χ0) is 23.0. The van der Waals surface area contributed by atoms with Gasteiger partial charge in [0, 0.05) is 17.0 Å². The van der Waals surface area contributed by atoms with E-state index in [-0.39, 0.29) is 29.4 Å². The third-order valence-corrected chi connectivity index (χ3v) is 8.70. The molecule has 0 saturated heterocycles. The molecular weight excluding hydrogens is 480 g/mol. The smallest absolute Gasteiger partial charge is 0.225 e. The van der Waals surface area contributed by atoms with Crippen molar-refractivity contribution in [3.8, 4) is 5.13 Å². The Balaban J connectivity index is 1.31. The number of thiazole rings is 1. The first-order chi connectivity index (χ1) is 15.9. The van der Waals surface area contributed by atoms with Crippen LogP contribution in [0.25, 0.3) is 15.3 Å². The summed E-state index contributed by atoms with van der Waals surface area (Å²) in [5.41, 5.74) is 2.91. The zero-order valence-electron chi connectivity index (χ0n) is 17.6. The molecule has 0 unspecified atom stereocenters. The maximum Gasteiger partial charge on any atom is 0.225 e. The Morgan fingerprint density at radius 1 is 1.12 bits per heavy atom. The Morgan fingerprint density at radius 2 is 1.91 bits per heavy atom. The fourth-order valence-electron chi connectivity index (χ4n) is 3.99. The van der Waals surface area contributed by atoms with Crippen LogP contribution in [0.1, 0.15) is 30.5 Å². The van der Waals surface area contributed by atoms with Crippen molar-refractivity contribution in [3.05, 3.63) is 64.8 Å². The first kappa shape index (κ1) is 22.1. The van der Waals surface area contributed by atoms with Gasteiger partial charge in [0.1, 0.15) is 5.82 Å². The van der Waals surface area contributed by atoms with Crippen LogP contribution >= 0.6 is 22.9 Å². The van der Waals surface area contributed by atoms with E-state index in [0.29, 0.717) is 16.0 Å². The van der Waals surface area contributed by atoms with Crippen LogP contribution in [0.3, 0.4) is 0 Å². The van der Waals surface area contributed by atoms with Gasteiger partial charge in [-0.1, -0.05) is 35.1 Å². The minimum absolute atomic E-state index is 0.0899. The molecule has 0 radical (unpaired) electrons. The maximum absolute atomic E-state index is 12.8. The number of nitrogens with zero attached hydrogens (tertiary/aromatic N) is 3. The molecule has 0 fully saturated rings. The van der Waals surface area contributed by atoms with Gasteiger partial charge in [0.15, 0.2) is 9.84 Å². The molecule has 170 valence electrons. The summed E-state index contributed by atoms with van der Waals surface area (Å²) < 4.78 is 27.8. The number of sulfone groups is 1. The van der Waals surface area contributed by atoms with Crippen LogP contribution in [0.5, 0.6) is 0 Å². The number of hydrogen-bond acceptors (Lipinski definition) is 6. The minimum atomic E-state index is -3.47. The molecule has 0 saturated carbocycles. The fourth-order valence-corrected chi connectivity index (χ4v) is 6.35. The van der Waals surface area contributed by atoms with Gasteiger partial charge in [-0.3, -0.25) is 4.79 Å². The van der Waals surface area contributed by atoms with Gasteiger partial charge >= 0.3 is 0 Å². The number of anilines is 1. The van der Waals surface area contributed by atoms with E-state index in [0.717, 1.165) is 40.7 Å². The number of para-hydroxylation sites is 1. The molecule has 2 heterocycles. The van der Waals surface area contributed by atoms with Crippen LogP contribution in [0, 0.1) is 0 Å². The summed E-state index contributed by atoms with van der Waals surface area (Å²) in [7, 11) is -3.47. The number of rotatable bonds is 7. The summed E-state index contributed by atoms with van der Waals surface area (Å²) in [5, 5.41) is 8.88. The quantitative estimate of drug-likeness (QED) is 0.392. The number of carbonyl (C=O) groups excluding carboxylic acids is 1. The molecular formula is C23H21ClN4O3S2. The number of aryl methyl sites for hydroxylation is 1. The van der Waals surface area contributed by atoms with Gasteiger partial charge in [-0.2, -0.15) is 9.78 Å². The SMILES string of the molecule is O=C(CCCS(=O)(=O)c1ccc(Cl)cc1)Nc1c2c(nn1-c1nc3ccccc3s1)CCC2.